The van der Waals surface area contributed by atoms with Gasteiger partial charge in [0.1, 0.15) is 0 Å². The molecule has 0 fully saturated rings. The molecule has 3 nitrogen and oxygen atoms in total. The van der Waals surface area contributed by atoms with Crippen molar-refractivity contribution in [3.05, 3.63) is 64.1 Å². The summed E-state index contributed by atoms with van der Waals surface area (Å²) in [6, 6.07) is 15.6. The summed E-state index contributed by atoms with van der Waals surface area (Å²) >= 11 is 3.44. The Morgan fingerprint density at radius 1 is 1.16 bits per heavy atom. The lowest BCUT2D eigenvalue weighted by atomic mass is 10.1. The average molecular weight is 319 g/mol. The number of nitrogens with one attached hydrogen (secondary N) is 2. The summed E-state index contributed by atoms with van der Waals surface area (Å²) in [4.78, 5) is 11.4. The summed E-state index contributed by atoms with van der Waals surface area (Å²) in [5.41, 5.74) is 2.87. The third-order valence-corrected chi connectivity index (χ3v) is 3.26. The monoisotopic (exact) mass is 318 g/mol. The van der Waals surface area contributed by atoms with Crippen LogP contribution in [0.2, 0.25) is 0 Å². The Labute approximate surface area is 121 Å². The van der Waals surface area contributed by atoms with Gasteiger partial charge in [0.15, 0.2) is 0 Å². The van der Waals surface area contributed by atoms with Gasteiger partial charge in [-0.25, -0.2) is 0 Å². The SMILES string of the molecule is CNC(=O)c1ccc(CNc2cccc(Br)c2)cc1. The molecule has 0 aromatic heterocycles. The highest BCUT2D eigenvalue weighted by Gasteiger charge is 2.02. The van der Waals surface area contributed by atoms with Crippen molar-refractivity contribution in [1.29, 1.82) is 0 Å². The van der Waals surface area contributed by atoms with E-state index in [1.807, 2.05) is 48.5 Å². The molecule has 0 heterocycles. The molecular weight excluding hydrogens is 304 g/mol. The van der Waals surface area contributed by atoms with Gasteiger partial charge in [-0.2, -0.15) is 0 Å². The lowest BCUT2D eigenvalue weighted by Gasteiger charge is -2.07. The second kappa shape index (κ2) is 6.38. The first-order valence-electron chi connectivity index (χ1n) is 5.99. The molecule has 0 aliphatic carbocycles. The normalized spacial score (nSPS) is 10.0. The van der Waals surface area contributed by atoms with Crippen molar-refractivity contribution in [1.82, 2.24) is 5.32 Å². The van der Waals surface area contributed by atoms with E-state index in [0.717, 1.165) is 22.3 Å². The number of anilines is 1. The van der Waals surface area contributed by atoms with Crippen molar-refractivity contribution in [2.24, 2.45) is 0 Å². The Morgan fingerprint density at radius 3 is 2.53 bits per heavy atom. The summed E-state index contributed by atoms with van der Waals surface area (Å²) in [6.07, 6.45) is 0. The Hall–Kier alpha value is -1.81. The molecule has 19 heavy (non-hydrogen) atoms. The highest BCUT2D eigenvalue weighted by molar-refractivity contribution is 9.10. The van der Waals surface area contributed by atoms with Crippen molar-refractivity contribution in [3.63, 3.8) is 0 Å². The number of halogens is 1. The highest BCUT2D eigenvalue weighted by Crippen LogP contribution is 2.16. The van der Waals surface area contributed by atoms with Crippen molar-refractivity contribution >= 4 is 27.5 Å². The molecule has 2 aromatic rings. The maximum Gasteiger partial charge on any atom is 0.251 e. The number of benzene rings is 2. The van der Waals surface area contributed by atoms with Crippen molar-refractivity contribution in [2.75, 3.05) is 12.4 Å². The van der Waals surface area contributed by atoms with Gasteiger partial charge < -0.3 is 10.6 Å². The number of rotatable bonds is 4. The van der Waals surface area contributed by atoms with Gasteiger partial charge in [-0.15, -0.1) is 0 Å². The van der Waals surface area contributed by atoms with Gasteiger partial charge in [-0.05, 0) is 35.9 Å². The molecule has 2 aromatic carbocycles. The van der Waals surface area contributed by atoms with Gasteiger partial charge in [0.25, 0.3) is 5.91 Å². The number of carbonyl (C=O) groups excluding carboxylic acids is 1. The van der Waals surface area contributed by atoms with E-state index in [9.17, 15) is 4.79 Å². The molecule has 0 unspecified atom stereocenters. The Morgan fingerprint density at radius 2 is 1.89 bits per heavy atom. The zero-order valence-corrected chi connectivity index (χ0v) is 12.2. The number of carbonyl (C=O) groups is 1. The highest BCUT2D eigenvalue weighted by atomic mass is 79.9. The summed E-state index contributed by atoms with van der Waals surface area (Å²) in [5.74, 6) is -0.0634. The third kappa shape index (κ3) is 3.83. The topological polar surface area (TPSA) is 41.1 Å². The van der Waals surface area contributed by atoms with Gasteiger partial charge in [-0.1, -0.05) is 34.1 Å². The number of hydrogen-bond acceptors (Lipinski definition) is 2. The van der Waals surface area contributed by atoms with Gasteiger partial charge in [0, 0.05) is 29.3 Å². The Kier molecular flexibility index (Phi) is 4.58. The molecular formula is C15H15BrN2O. The van der Waals surface area contributed by atoms with Crippen LogP contribution in [-0.4, -0.2) is 13.0 Å². The van der Waals surface area contributed by atoms with E-state index >= 15 is 0 Å². The maximum absolute atomic E-state index is 11.4. The van der Waals surface area contributed by atoms with Crippen molar-refractivity contribution in [2.45, 2.75) is 6.54 Å². The Bertz CT molecular complexity index is 567. The number of amides is 1. The fourth-order valence-corrected chi connectivity index (χ4v) is 2.12. The second-order valence-corrected chi connectivity index (χ2v) is 5.06. The van der Waals surface area contributed by atoms with Crippen LogP contribution in [-0.2, 0) is 6.54 Å². The molecule has 0 aliphatic heterocycles. The minimum Gasteiger partial charge on any atom is -0.381 e. The van der Waals surface area contributed by atoms with Crippen LogP contribution in [0, 0.1) is 0 Å². The van der Waals surface area contributed by atoms with Crippen LogP contribution in [0.5, 0.6) is 0 Å². The molecule has 0 radical (unpaired) electrons. The summed E-state index contributed by atoms with van der Waals surface area (Å²) < 4.78 is 1.05. The van der Waals surface area contributed by atoms with E-state index in [1.54, 1.807) is 7.05 Å². The van der Waals surface area contributed by atoms with Gasteiger partial charge in [0.2, 0.25) is 0 Å². The van der Waals surface area contributed by atoms with Crippen LogP contribution < -0.4 is 10.6 Å². The zero-order chi connectivity index (χ0) is 13.7. The van der Waals surface area contributed by atoms with Crippen LogP contribution in [0.1, 0.15) is 15.9 Å². The maximum atomic E-state index is 11.4. The predicted octanol–water partition coefficient (Wildman–Crippen LogP) is 3.42. The first kappa shape index (κ1) is 13.6. The molecule has 0 spiro atoms. The standard InChI is InChI=1S/C15H15BrN2O/c1-17-15(19)12-7-5-11(6-8-12)10-18-14-4-2-3-13(16)9-14/h2-9,18H,10H2,1H3,(H,17,19). The van der Waals surface area contributed by atoms with Gasteiger partial charge >= 0.3 is 0 Å². The van der Waals surface area contributed by atoms with E-state index in [-0.39, 0.29) is 5.91 Å². The van der Waals surface area contributed by atoms with Gasteiger partial charge in [-0.3, -0.25) is 4.79 Å². The molecule has 0 bridgehead atoms. The molecule has 2 rings (SSSR count). The first-order chi connectivity index (χ1) is 9.19. The fourth-order valence-electron chi connectivity index (χ4n) is 1.72. The average Bonchev–Trinajstić information content (AvgIpc) is 2.45. The van der Waals surface area contributed by atoms with Crippen LogP contribution in [0.25, 0.3) is 0 Å². The molecule has 98 valence electrons. The molecule has 1 amide bonds. The molecule has 0 atom stereocenters. The Balaban J connectivity index is 1.98. The van der Waals surface area contributed by atoms with Crippen molar-refractivity contribution < 1.29 is 4.79 Å². The lowest BCUT2D eigenvalue weighted by molar-refractivity contribution is 0.0963. The minimum atomic E-state index is -0.0634. The van der Waals surface area contributed by atoms with Gasteiger partial charge in [0.05, 0.1) is 0 Å². The quantitative estimate of drug-likeness (QED) is 0.907. The van der Waals surface area contributed by atoms with E-state index < -0.39 is 0 Å². The molecule has 2 N–H and O–H groups in total. The lowest BCUT2D eigenvalue weighted by Crippen LogP contribution is -2.17. The summed E-state index contributed by atoms with van der Waals surface area (Å²) in [6.45, 7) is 0.727. The molecule has 0 saturated carbocycles. The third-order valence-electron chi connectivity index (χ3n) is 2.76. The summed E-state index contributed by atoms with van der Waals surface area (Å²) in [5, 5.41) is 5.94. The predicted molar refractivity (Wildman–Crippen MR) is 81.3 cm³/mol. The van der Waals surface area contributed by atoms with E-state index in [2.05, 4.69) is 26.6 Å². The number of hydrogen-bond donors (Lipinski definition) is 2. The van der Waals surface area contributed by atoms with E-state index in [4.69, 9.17) is 0 Å². The fraction of sp³-hybridized carbons (Fsp3) is 0.133. The largest absolute Gasteiger partial charge is 0.381 e. The zero-order valence-electron chi connectivity index (χ0n) is 10.6. The summed E-state index contributed by atoms with van der Waals surface area (Å²) in [7, 11) is 1.63. The van der Waals surface area contributed by atoms with E-state index in [0.29, 0.717) is 5.56 Å². The molecule has 0 aliphatic rings. The van der Waals surface area contributed by atoms with Crippen molar-refractivity contribution in [3.8, 4) is 0 Å². The molecule has 4 heteroatoms. The smallest absolute Gasteiger partial charge is 0.251 e. The van der Waals surface area contributed by atoms with Crippen LogP contribution in [0.15, 0.2) is 53.0 Å². The second-order valence-electron chi connectivity index (χ2n) is 4.14. The van der Waals surface area contributed by atoms with Crippen LogP contribution >= 0.6 is 15.9 Å². The van der Waals surface area contributed by atoms with Crippen LogP contribution in [0.3, 0.4) is 0 Å². The first-order valence-corrected chi connectivity index (χ1v) is 6.79. The minimum absolute atomic E-state index is 0.0634. The van der Waals surface area contributed by atoms with E-state index in [1.165, 1.54) is 0 Å². The van der Waals surface area contributed by atoms with Crippen LogP contribution in [0.4, 0.5) is 5.69 Å². The molecule has 0 saturated heterocycles.